The molecule has 1 aromatic rings. The fourth-order valence-electron chi connectivity index (χ4n) is 3.57. The highest BCUT2D eigenvalue weighted by atomic mass is 16.6. The van der Waals surface area contributed by atoms with Crippen LogP contribution in [0.3, 0.4) is 0 Å². The summed E-state index contributed by atoms with van der Waals surface area (Å²) >= 11 is 0. The number of esters is 1. The number of fused-ring (bicyclic) bond motifs is 1. The molecule has 0 amide bonds. The van der Waals surface area contributed by atoms with Crippen LogP contribution in [0.15, 0.2) is 24.3 Å². The molecule has 5 heteroatoms. The molecule has 1 aromatic carbocycles. The van der Waals surface area contributed by atoms with Crippen molar-refractivity contribution in [3.05, 3.63) is 35.4 Å². The SMILES string of the molecule is CC(C)(C)OC(=O)[C@@H]1C(C=O)CCN1C1OCCc2ccccc21. The van der Waals surface area contributed by atoms with E-state index < -0.39 is 11.6 Å². The van der Waals surface area contributed by atoms with Crippen molar-refractivity contribution in [2.75, 3.05) is 13.2 Å². The number of ether oxygens (including phenoxy) is 2. The largest absolute Gasteiger partial charge is 0.459 e. The van der Waals surface area contributed by atoms with Crippen LogP contribution in [0, 0.1) is 5.92 Å². The lowest BCUT2D eigenvalue weighted by atomic mass is 9.98. The predicted octanol–water partition coefficient (Wildman–Crippen LogP) is 2.49. The average molecular weight is 331 g/mol. The Morgan fingerprint density at radius 3 is 2.79 bits per heavy atom. The van der Waals surface area contributed by atoms with Gasteiger partial charge in [-0.1, -0.05) is 24.3 Å². The summed E-state index contributed by atoms with van der Waals surface area (Å²) in [5.41, 5.74) is 1.75. The van der Waals surface area contributed by atoms with Crippen molar-refractivity contribution in [2.45, 2.75) is 51.5 Å². The van der Waals surface area contributed by atoms with E-state index in [1.54, 1.807) is 0 Å². The molecule has 0 spiro atoms. The molecule has 2 aliphatic rings. The maximum atomic E-state index is 12.7. The highest BCUT2D eigenvalue weighted by Crippen LogP contribution is 2.37. The van der Waals surface area contributed by atoms with E-state index in [0.29, 0.717) is 19.6 Å². The number of benzene rings is 1. The Hall–Kier alpha value is -1.72. The second kappa shape index (κ2) is 6.65. The normalized spacial score (nSPS) is 27.5. The van der Waals surface area contributed by atoms with Crippen LogP contribution in [0.1, 0.15) is 44.5 Å². The van der Waals surface area contributed by atoms with Gasteiger partial charge in [-0.2, -0.15) is 0 Å². The topological polar surface area (TPSA) is 55.8 Å². The molecule has 0 N–H and O–H groups in total. The standard InChI is InChI=1S/C19H25NO4/c1-19(2,3)24-18(22)16-14(12-21)8-10-20(16)17-15-7-5-4-6-13(15)9-11-23-17/h4-7,12,14,16-17H,8-11H2,1-3H3/t14?,16-,17?/m0/s1. The van der Waals surface area contributed by atoms with Crippen molar-refractivity contribution >= 4 is 12.3 Å². The third-order valence-electron chi connectivity index (χ3n) is 4.58. The van der Waals surface area contributed by atoms with Crippen LogP contribution in [0.5, 0.6) is 0 Å². The molecule has 5 nitrogen and oxygen atoms in total. The maximum Gasteiger partial charge on any atom is 0.324 e. The number of aldehydes is 1. The van der Waals surface area contributed by atoms with Crippen LogP contribution >= 0.6 is 0 Å². The molecular formula is C19H25NO4. The Balaban J connectivity index is 1.89. The lowest BCUT2D eigenvalue weighted by molar-refractivity contribution is -0.169. The summed E-state index contributed by atoms with van der Waals surface area (Å²) in [6, 6.07) is 7.55. The van der Waals surface area contributed by atoms with Crippen molar-refractivity contribution in [2.24, 2.45) is 5.92 Å². The Bertz CT molecular complexity index is 622. The highest BCUT2D eigenvalue weighted by molar-refractivity contribution is 5.81. The monoisotopic (exact) mass is 331 g/mol. The molecule has 3 rings (SSSR count). The molecular weight excluding hydrogens is 306 g/mol. The zero-order valence-corrected chi connectivity index (χ0v) is 14.5. The first kappa shape index (κ1) is 17.1. The van der Waals surface area contributed by atoms with E-state index in [9.17, 15) is 9.59 Å². The summed E-state index contributed by atoms with van der Waals surface area (Å²) in [4.78, 5) is 26.2. The average Bonchev–Trinajstić information content (AvgIpc) is 2.96. The highest BCUT2D eigenvalue weighted by Gasteiger charge is 2.46. The van der Waals surface area contributed by atoms with E-state index in [1.807, 2.05) is 43.9 Å². The van der Waals surface area contributed by atoms with Crippen molar-refractivity contribution < 1.29 is 19.1 Å². The minimum Gasteiger partial charge on any atom is -0.459 e. The van der Waals surface area contributed by atoms with Crippen molar-refractivity contribution in [3.63, 3.8) is 0 Å². The van der Waals surface area contributed by atoms with Gasteiger partial charge in [0.25, 0.3) is 0 Å². The minimum atomic E-state index is -0.585. The van der Waals surface area contributed by atoms with E-state index >= 15 is 0 Å². The first-order valence-corrected chi connectivity index (χ1v) is 8.54. The zero-order valence-electron chi connectivity index (χ0n) is 14.5. The van der Waals surface area contributed by atoms with Crippen LogP contribution in [-0.2, 0) is 25.5 Å². The summed E-state index contributed by atoms with van der Waals surface area (Å²) in [5.74, 6) is -0.693. The second-order valence-electron chi connectivity index (χ2n) is 7.48. The molecule has 2 unspecified atom stereocenters. The summed E-state index contributed by atoms with van der Waals surface area (Å²) in [7, 11) is 0. The number of hydrogen-bond acceptors (Lipinski definition) is 5. The van der Waals surface area contributed by atoms with Crippen molar-refractivity contribution in [1.29, 1.82) is 0 Å². The molecule has 0 bridgehead atoms. The fraction of sp³-hybridized carbons (Fsp3) is 0.579. The Kier molecular flexibility index (Phi) is 4.74. The molecule has 24 heavy (non-hydrogen) atoms. The Labute approximate surface area is 142 Å². The molecule has 0 radical (unpaired) electrons. The van der Waals surface area contributed by atoms with Gasteiger partial charge in [0, 0.05) is 12.5 Å². The van der Waals surface area contributed by atoms with Crippen molar-refractivity contribution in [1.82, 2.24) is 4.90 Å². The van der Waals surface area contributed by atoms with Crippen LogP contribution in [0.2, 0.25) is 0 Å². The molecule has 1 saturated heterocycles. The third-order valence-corrected chi connectivity index (χ3v) is 4.58. The molecule has 3 atom stereocenters. The quantitative estimate of drug-likeness (QED) is 0.629. The van der Waals surface area contributed by atoms with Gasteiger partial charge in [-0.25, -0.2) is 0 Å². The van der Waals surface area contributed by atoms with Gasteiger partial charge < -0.3 is 14.3 Å². The lowest BCUT2D eigenvalue weighted by Gasteiger charge is -2.37. The van der Waals surface area contributed by atoms with E-state index in [0.717, 1.165) is 18.3 Å². The molecule has 0 saturated carbocycles. The van der Waals surface area contributed by atoms with Gasteiger partial charge in [0.15, 0.2) is 0 Å². The smallest absolute Gasteiger partial charge is 0.324 e. The maximum absolute atomic E-state index is 12.7. The molecule has 0 aromatic heterocycles. The number of rotatable bonds is 3. The second-order valence-corrected chi connectivity index (χ2v) is 7.48. The zero-order chi connectivity index (χ0) is 17.3. The fourth-order valence-corrected chi connectivity index (χ4v) is 3.57. The molecule has 1 fully saturated rings. The number of carbonyl (C=O) groups is 2. The first-order valence-electron chi connectivity index (χ1n) is 8.54. The number of likely N-dealkylation sites (tertiary alicyclic amines) is 1. The van der Waals surface area contributed by atoms with Gasteiger partial charge in [0.1, 0.15) is 24.2 Å². The van der Waals surface area contributed by atoms with E-state index in [1.165, 1.54) is 5.56 Å². The molecule has 2 heterocycles. The molecule has 0 aliphatic carbocycles. The van der Waals surface area contributed by atoms with Crippen LogP contribution in [-0.4, -0.2) is 41.9 Å². The van der Waals surface area contributed by atoms with Gasteiger partial charge in [-0.15, -0.1) is 0 Å². The van der Waals surface area contributed by atoms with E-state index in [2.05, 4.69) is 6.07 Å². The van der Waals surface area contributed by atoms with Gasteiger partial charge >= 0.3 is 5.97 Å². The van der Waals surface area contributed by atoms with E-state index in [-0.39, 0.29) is 18.1 Å². The minimum absolute atomic E-state index is 0.294. The van der Waals surface area contributed by atoms with E-state index in [4.69, 9.17) is 9.47 Å². The summed E-state index contributed by atoms with van der Waals surface area (Å²) in [6.07, 6.45) is 2.10. The van der Waals surface area contributed by atoms with Gasteiger partial charge in [-0.05, 0) is 44.7 Å². The molecule has 2 aliphatic heterocycles. The van der Waals surface area contributed by atoms with Crippen LogP contribution in [0.25, 0.3) is 0 Å². The van der Waals surface area contributed by atoms with Crippen LogP contribution in [0.4, 0.5) is 0 Å². The van der Waals surface area contributed by atoms with Gasteiger partial charge in [-0.3, -0.25) is 9.69 Å². The van der Waals surface area contributed by atoms with Crippen molar-refractivity contribution in [3.8, 4) is 0 Å². The first-order chi connectivity index (χ1) is 11.4. The van der Waals surface area contributed by atoms with Gasteiger partial charge in [0.2, 0.25) is 0 Å². The van der Waals surface area contributed by atoms with Gasteiger partial charge in [0.05, 0.1) is 6.61 Å². The summed E-state index contributed by atoms with van der Waals surface area (Å²) in [6.45, 7) is 6.78. The number of nitrogens with zero attached hydrogens (tertiary/aromatic N) is 1. The molecule has 130 valence electrons. The summed E-state index contributed by atoms with van der Waals surface area (Å²) < 4.78 is 11.6. The Morgan fingerprint density at radius 1 is 1.33 bits per heavy atom. The lowest BCUT2D eigenvalue weighted by Crippen LogP contribution is -2.46. The number of carbonyl (C=O) groups excluding carboxylic acids is 2. The Morgan fingerprint density at radius 2 is 2.08 bits per heavy atom. The number of hydrogen-bond donors (Lipinski definition) is 0. The third kappa shape index (κ3) is 3.37. The predicted molar refractivity (Wildman–Crippen MR) is 89.3 cm³/mol. The van der Waals surface area contributed by atoms with Crippen LogP contribution < -0.4 is 0 Å². The summed E-state index contributed by atoms with van der Waals surface area (Å²) in [5, 5.41) is 0.